The van der Waals surface area contributed by atoms with E-state index in [1.54, 1.807) is 11.1 Å². The van der Waals surface area contributed by atoms with Gasteiger partial charge in [0.2, 0.25) is 0 Å². The summed E-state index contributed by atoms with van der Waals surface area (Å²) in [5.41, 5.74) is 9.03. The Bertz CT molecular complexity index is 860. The minimum absolute atomic E-state index is 1.08. The highest BCUT2D eigenvalue weighted by Crippen LogP contribution is 2.38. The fraction of sp³-hybridized carbons (Fsp3) is 0.676. The summed E-state index contributed by atoms with van der Waals surface area (Å²) in [7, 11) is 0. The number of fused-ring (bicyclic) bond motifs is 3. The second-order valence-electron chi connectivity index (χ2n) is 11.9. The van der Waals surface area contributed by atoms with Gasteiger partial charge in [-0.1, -0.05) is 160 Å². The third-order valence-corrected chi connectivity index (χ3v) is 8.59. The Balaban J connectivity index is 1.43. The van der Waals surface area contributed by atoms with E-state index in [9.17, 15) is 0 Å². The number of hydrogen-bond donors (Lipinski definition) is 0. The Hall–Kier alpha value is -1.56. The van der Waals surface area contributed by atoms with Gasteiger partial charge >= 0.3 is 0 Å². The highest BCUT2D eigenvalue weighted by Gasteiger charge is 2.20. The standard InChI is InChI=1S/C37H57/c1-3-5-7-9-11-13-15-17-19-21-25-32-29-35-30-34-27-23-24-28-36(34)37(35)31-33(32)26-22-20-18-16-14-12-10-8-6-4-2/h23-24,27-28,31H,3-22,25-26,30H2,1-2H3. The zero-order chi connectivity index (χ0) is 26.0. The molecule has 0 N–H and O–H groups in total. The molecule has 2 aromatic rings. The van der Waals surface area contributed by atoms with Crippen LogP contribution >= 0.6 is 0 Å². The number of rotatable bonds is 22. The molecule has 0 nitrogen and oxygen atoms in total. The van der Waals surface area contributed by atoms with Gasteiger partial charge in [-0.25, -0.2) is 0 Å². The van der Waals surface area contributed by atoms with Gasteiger partial charge in [-0.15, -0.1) is 0 Å². The molecule has 0 saturated carbocycles. The Labute approximate surface area is 231 Å². The molecule has 3 rings (SSSR count). The highest BCUT2D eigenvalue weighted by molar-refractivity contribution is 5.77. The number of aryl methyl sites for hydroxylation is 2. The summed E-state index contributed by atoms with van der Waals surface area (Å²) in [6.07, 6.45) is 31.8. The van der Waals surface area contributed by atoms with Crippen molar-refractivity contribution in [3.63, 3.8) is 0 Å². The van der Waals surface area contributed by atoms with Crippen LogP contribution in [0.1, 0.15) is 165 Å². The monoisotopic (exact) mass is 501 g/mol. The predicted octanol–water partition coefficient (Wildman–Crippen LogP) is 12.0. The van der Waals surface area contributed by atoms with Crippen molar-refractivity contribution in [2.75, 3.05) is 0 Å². The summed E-state index contributed by atoms with van der Waals surface area (Å²) in [5.74, 6) is 0. The largest absolute Gasteiger partial charge is 0.0654 e. The molecular weight excluding hydrogens is 444 g/mol. The predicted molar refractivity (Wildman–Crippen MR) is 165 cm³/mol. The van der Waals surface area contributed by atoms with Crippen LogP contribution in [0.3, 0.4) is 0 Å². The van der Waals surface area contributed by atoms with Crippen LogP contribution in [0.2, 0.25) is 0 Å². The number of hydrogen-bond acceptors (Lipinski definition) is 0. The fourth-order valence-corrected chi connectivity index (χ4v) is 6.22. The molecule has 0 aliphatic heterocycles. The van der Waals surface area contributed by atoms with Gasteiger partial charge in [0.1, 0.15) is 0 Å². The molecular formula is C37H57. The molecule has 1 radical (unpaired) electrons. The van der Waals surface area contributed by atoms with Crippen molar-refractivity contribution in [2.45, 2.75) is 162 Å². The van der Waals surface area contributed by atoms with Gasteiger partial charge < -0.3 is 0 Å². The fourth-order valence-electron chi connectivity index (χ4n) is 6.22. The average Bonchev–Trinajstić information content (AvgIpc) is 3.28. The lowest BCUT2D eigenvalue weighted by Crippen LogP contribution is -1.99. The lowest BCUT2D eigenvalue weighted by molar-refractivity contribution is 0.553. The van der Waals surface area contributed by atoms with Crippen molar-refractivity contribution >= 4 is 0 Å². The molecule has 0 unspecified atom stereocenters. The molecule has 1 aliphatic carbocycles. The molecule has 2 aromatic carbocycles. The molecule has 0 atom stereocenters. The first kappa shape index (κ1) is 30.0. The number of unbranched alkanes of at least 4 members (excludes halogenated alkanes) is 18. The topological polar surface area (TPSA) is 0 Å². The normalized spacial score (nSPS) is 12.2. The van der Waals surface area contributed by atoms with Gasteiger partial charge in [0.05, 0.1) is 0 Å². The van der Waals surface area contributed by atoms with E-state index in [-0.39, 0.29) is 0 Å². The molecule has 0 fully saturated rings. The summed E-state index contributed by atoms with van der Waals surface area (Å²) < 4.78 is 0. The number of benzene rings is 2. The molecule has 0 amide bonds. The zero-order valence-corrected chi connectivity index (χ0v) is 24.7. The second-order valence-corrected chi connectivity index (χ2v) is 11.9. The molecule has 205 valence electrons. The maximum atomic E-state index is 3.96. The van der Waals surface area contributed by atoms with Crippen LogP contribution in [0.25, 0.3) is 11.1 Å². The lowest BCUT2D eigenvalue weighted by atomic mass is 9.91. The SMILES string of the molecule is CCCCCCCCCCCCc1[c]c2c(cc1CCCCCCCCCCCC)-c1ccccc1C2. The molecule has 1 aliphatic rings. The Morgan fingerprint density at radius 2 is 1.03 bits per heavy atom. The van der Waals surface area contributed by atoms with E-state index in [1.807, 2.05) is 0 Å². The minimum Gasteiger partial charge on any atom is -0.0654 e. The van der Waals surface area contributed by atoms with E-state index >= 15 is 0 Å². The van der Waals surface area contributed by atoms with E-state index < -0.39 is 0 Å². The quantitative estimate of drug-likeness (QED) is 0.120. The van der Waals surface area contributed by atoms with Crippen LogP contribution in [0.15, 0.2) is 30.3 Å². The Morgan fingerprint density at radius 3 is 1.59 bits per heavy atom. The van der Waals surface area contributed by atoms with E-state index in [4.69, 9.17) is 0 Å². The molecule has 37 heavy (non-hydrogen) atoms. The van der Waals surface area contributed by atoms with E-state index in [1.165, 1.54) is 164 Å². The smallest absolute Gasteiger partial charge is 0.000718 e. The van der Waals surface area contributed by atoms with Gasteiger partial charge in [-0.3, -0.25) is 0 Å². The van der Waals surface area contributed by atoms with Gasteiger partial charge in [0, 0.05) is 0 Å². The summed E-state index contributed by atoms with van der Waals surface area (Å²) in [5, 5.41) is 0. The van der Waals surface area contributed by atoms with Gasteiger partial charge in [-0.05, 0) is 71.6 Å². The van der Waals surface area contributed by atoms with Crippen LogP contribution in [-0.2, 0) is 19.3 Å². The molecule has 0 spiro atoms. The molecule has 0 heterocycles. The second kappa shape index (κ2) is 18.7. The van der Waals surface area contributed by atoms with E-state index in [0.29, 0.717) is 0 Å². The van der Waals surface area contributed by atoms with Crippen molar-refractivity contribution in [3.05, 3.63) is 58.7 Å². The van der Waals surface area contributed by atoms with Crippen LogP contribution in [0.4, 0.5) is 0 Å². The van der Waals surface area contributed by atoms with Gasteiger partial charge in [0.15, 0.2) is 0 Å². The summed E-state index contributed by atoms with van der Waals surface area (Å²) in [6.45, 7) is 4.61. The third-order valence-electron chi connectivity index (χ3n) is 8.59. The minimum atomic E-state index is 1.08. The van der Waals surface area contributed by atoms with Crippen molar-refractivity contribution < 1.29 is 0 Å². The van der Waals surface area contributed by atoms with Crippen LogP contribution in [0.5, 0.6) is 0 Å². The van der Waals surface area contributed by atoms with Crippen molar-refractivity contribution in [2.24, 2.45) is 0 Å². The first-order valence-corrected chi connectivity index (χ1v) is 16.5. The van der Waals surface area contributed by atoms with Crippen LogP contribution in [0, 0.1) is 6.07 Å². The van der Waals surface area contributed by atoms with Crippen molar-refractivity contribution in [3.8, 4) is 11.1 Å². The maximum absolute atomic E-state index is 3.96. The molecule has 0 aromatic heterocycles. The van der Waals surface area contributed by atoms with Gasteiger partial charge in [-0.2, -0.15) is 0 Å². The van der Waals surface area contributed by atoms with Crippen LogP contribution in [-0.4, -0.2) is 0 Å². The zero-order valence-electron chi connectivity index (χ0n) is 24.7. The van der Waals surface area contributed by atoms with Gasteiger partial charge in [0.25, 0.3) is 0 Å². The summed E-state index contributed by atoms with van der Waals surface area (Å²) >= 11 is 0. The first-order chi connectivity index (χ1) is 18.3. The molecule has 0 heteroatoms. The average molecular weight is 502 g/mol. The van der Waals surface area contributed by atoms with Crippen LogP contribution < -0.4 is 0 Å². The molecule has 0 bridgehead atoms. The van der Waals surface area contributed by atoms with E-state index in [0.717, 1.165) is 6.42 Å². The first-order valence-electron chi connectivity index (χ1n) is 16.5. The summed E-state index contributed by atoms with van der Waals surface area (Å²) in [4.78, 5) is 0. The Morgan fingerprint density at radius 1 is 0.541 bits per heavy atom. The van der Waals surface area contributed by atoms with Crippen molar-refractivity contribution in [1.29, 1.82) is 0 Å². The van der Waals surface area contributed by atoms with Crippen molar-refractivity contribution in [1.82, 2.24) is 0 Å². The van der Waals surface area contributed by atoms with E-state index in [2.05, 4.69) is 50.2 Å². The lowest BCUT2D eigenvalue weighted by Gasteiger charge is -2.13. The Kier molecular flexibility index (Phi) is 15.1. The highest BCUT2D eigenvalue weighted by atomic mass is 14.2. The third kappa shape index (κ3) is 11.0. The maximum Gasteiger partial charge on any atom is -0.000718 e. The summed E-state index contributed by atoms with van der Waals surface area (Å²) in [6, 6.07) is 15.6. The molecule has 0 saturated heterocycles.